The predicted octanol–water partition coefficient (Wildman–Crippen LogP) is 1.35. The van der Waals surface area contributed by atoms with E-state index in [9.17, 15) is 4.79 Å². The summed E-state index contributed by atoms with van der Waals surface area (Å²) in [6.07, 6.45) is 0. The van der Waals surface area contributed by atoms with E-state index in [-0.39, 0.29) is 10.7 Å². The van der Waals surface area contributed by atoms with Crippen molar-refractivity contribution in [2.75, 3.05) is 24.7 Å². The zero-order chi connectivity index (χ0) is 10.2. The van der Waals surface area contributed by atoms with Gasteiger partial charge in [0, 0.05) is 11.5 Å². The summed E-state index contributed by atoms with van der Waals surface area (Å²) in [5.41, 5.74) is 0. The van der Waals surface area contributed by atoms with E-state index in [2.05, 4.69) is 18.6 Å². The fourth-order valence-electron chi connectivity index (χ4n) is 0.717. The van der Waals surface area contributed by atoms with Crippen molar-refractivity contribution in [2.45, 2.75) is 17.9 Å². The summed E-state index contributed by atoms with van der Waals surface area (Å²) in [4.78, 5) is 9.83. The van der Waals surface area contributed by atoms with Crippen LogP contribution in [0.5, 0.6) is 0 Å². The fourth-order valence-corrected chi connectivity index (χ4v) is 2.80. The van der Waals surface area contributed by atoms with Gasteiger partial charge in [0.1, 0.15) is 6.61 Å². The minimum Gasteiger partial charge on any atom is -0.467 e. The normalized spacial score (nSPS) is 11.3. The molecule has 0 saturated carbocycles. The van der Waals surface area contributed by atoms with Crippen LogP contribution in [-0.4, -0.2) is 40.4 Å². The molecule has 0 aromatic heterocycles. The van der Waals surface area contributed by atoms with Crippen LogP contribution < -0.4 is 0 Å². The SMILES string of the molecule is CC(C)(SCCO)SCCOC=O. The van der Waals surface area contributed by atoms with Crippen LogP contribution in [0.25, 0.3) is 0 Å². The number of ether oxygens (including phenoxy) is 1. The number of aliphatic hydroxyl groups excluding tert-OH is 1. The molecule has 0 amide bonds. The van der Waals surface area contributed by atoms with Crippen molar-refractivity contribution < 1.29 is 14.6 Å². The lowest BCUT2D eigenvalue weighted by atomic mass is 10.5. The second-order valence-corrected chi connectivity index (χ2v) is 6.48. The summed E-state index contributed by atoms with van der Waals surface area (Å²) in [7, 11) is 0. The number of carbonyl (C=O) groups is 1. The minimum atomic E-state index is 0.0783. The van der Waals surface area contributed by atoms with E-state index in [0.717, 1.165) is 11.5 Å². The molecule has 78 valence electrons. The van der Waals surface area contributed by atoms with Crippen molar-refractivity contribution in [3.05, 3.63) is 0 Å². The molecule has 0 rings (SSSR count). The Morgan fingerprint density at radius 2 is 2.00 bits per heavy atom. The van der Waals surface area contributed by atoms with Gasteiger partial charge in [0.15, 0.2) is 0 Å². The van der Waals surface area contributed by atoms with Gasteiger partial charge in [0.05, 0.1) is 10.7 Å². The molecular formula is C8H16O3S2. The zero-order valence-electron chi connectivity index (χ0n) is 7.99. The lowest BCUT2D eigenvalue weighted by Gasteiger charge is -2.22. The third-order valence-corrected chi connectivity index (χ3v) is 4.11. The van der Waals surface area contributed by atoms with Gasteiger partial charge in [-0.05, 0) is 13.8 Å². The highest BCUT2D eigenvalue weighted by atomic mass is 32.2. The Morgan fingerprint density at radius 1 is 1.38 bits per heavy atom. The molecule has 0 aliphatic rings. The van der Waals surface area contributed by atoms with Gasteiger partial charge >= 0.3 is 0 Å². The molecule has 1 N–H and O–H groups in total. The second kappa shape index (κ2) is 7.53. The zero-order valence-corrected chi connectivity index (χ0v) is 9.62. The van der Waals surface area contributed by atoms with Crippen LogP contribution in [0.2, 0.25) is 0 Å². The summed E-state index contributed by atoms with van der Waals surface area (Å²) in [5.74, 6) is 1.54. The molecule has 0 atom stereocenters. The Kier molecular flexibility index (Phi) is 7.60. The van der Waals surface area contributed by atoms with Gasteiger partial charge in [0.25, 0.3) is 6.47 Å². The van der Waals surface area contributed by atoms with Crippen LogP contribution in [0, 0.1) is 0 Å². The summed E-state index contributed by atoms with van der Waals surface area (Å²) >= 11 is 3.43. The maximum absolute atomic E-state index is 9.83. The van der Waals surface area contributed by atoms with Crippen LogP contribution in [0.15, 0.2) is 0 Å². The summed E-state index contributed by atoms with van der Waals surface area (Å²) in [6.45, 7) is 5.32. The molecule has 0 aliphatic heterocycles. The lowest BCUT2D eigenvalue weighted by Crippen LogP contribution is -2.13. The number of hydrogen-bond acceptors (Lipinski definition) is 5. The molecule has 0 unspecified atom stereocenters. The Hall–Kier alpha value is 0.130. The summed E-state index contributed by atoms with van der Waals surface area (Å²) < 4.78 is 4.65. The second-order valence-electron chi connectivity index (χ2n) is 2.79. The van der Waals surface area contributed by atoms with Crippen molar-refractivity contribution >= 4 is 30.0 Å². The van der Waals surface area contributed by atoms with Crippen molar-refractivity contribution in [3.8, 4) is 0 Å². The maximum atomic E-state index is 9.83. The third kappa shape index (κ3) is 8.46. The Labute approximate surface area is 87.6 Å². The highest BCUT2D eigenvalue weighted by Gasteiger charge is 2.17. The highest BCUT2D eigenvalue weighted by molar-refractivity contribution is 8.18. The standard InChI is InChI=1S/C8H16O3S2/c1-8(2,12-5-3-9)13-6-4-11-7-10/h7,9H,3-6H2,1-2H3. The van der Waals surface area contributed by atoms with Crippen LogP contribution in [0.3, 0.4) is 0 Å². The largest absolute Gasteiger partial charge is 0.467 e. The third-order valence-electron chi connectivity index (χ3n) is 1.26. The first-order valence-electron chi connectivity index (χ1n) is 4.06. The molecule has 0 bridgehead atoms. The van der Waals surface area contributed by atoms with Gasteiger partial charge in [-0.1, -0.05) is 0 Å². The molecule has 0 aliphatic carbocycles. The van der Waals surface area contributed by atoms with Crippen molar-refractivity contribution in [1.82, 2.24) is 0 Å². The van der Waals surface area contributed by atoms with E-state index < -0.39 is 0 Å². The van der Waals surface area contributed by atoms with Gasteiger partial charge < -0.3 is 9.84 Å². The van der Waals surface area contributed by atoms with Gasteiger partial charge in [-0.2, -0.15) is 0 Å². The van der Waals surface area contributed by atoms with Crippen molar-refractivity contribution in [1.29, 1.82) is 0 Å². The first-order chi connectivity index (χ1) is 6.12. The van der Waals surface area contributed by atoms with E-state index in [1.54, 1.807) is 23.5 Å². The molecule has 0 saturated heterocycles. The molecule has 0 aromatic carbocycles. The van der Waals surface area contributed by atoms with Crippen LogP contribution in [-0.2, 0) is 9.53 Å². The fraction of sp³-hybridized carbons (Fsp3) is 0.875. The molecule has 3 nitrogen and oxygen atoms in total. The topological polar surface area (TPSA) is 46.5 Å². The highest BCUT2D eigenvalue weighted by Crippen LogP contribution is 2.35. The number of rotatable bonds is 8. The first-order valence-corrected chi connectivity index (χ1v) is 6.03. The number of thioether (sulfide) groups is 2. The monoisotopic (exact) mass is 224 g/mol. The van der Waals surface area contributed by atoms with Crippen LogP contribution in [0.4, 0.5) is 0 Å². The summed E-state index contributed by atoms with van der Waals surface area (Å²) in [6, 6.07) is 0. The maximum Gasteiger partial charge on any atom is 0.293 e. The molecule has 13 heavy (non-hydrogen) atoms. The molecule has 0 spiro atoms. The summed E-state index contributed by atoms with van der Waals surface area (Å²) in [5, 5.41) is 8.64. The molecule has 0 fully saturated rings. The van der Waals surface area contributed by atoms with Gasteiger partial charge in [-0.25, -0.2) is 0 Å². The van der Waals surface area contributed by atoms with Crippen LogP contribution >= 0.6 is 23.5 Å². The van der Waals surface area contributed by atoms with Gasteiger partial charge in [-0.3, -0.25) is 4.79 Å². The van der Waals surface area contributed by atoms with Gasteiger partial charge in [0.2, 0.25) is 0 Å². The quantitative estimate of drug-likeness (QED) is 0.383. The number of hydrogen-bond donors (Lipinski definition) is 1. The Balaban J connectivity index is 3.44. The molecule has 0 aromatic rings. The lowest BCUT2D eigenvalue weighted by molar-refractivity contribution is -0.128. The van der Waals surface area contributed by atoms with E-state index >= 15 is 0 Å². The predicted molar refractivity (Wildman–Crippen MR) is 58.1 cm³/mol. The molecule has 0 radical (unpaired) electrons. The van der Waals surface area contributed by atoms with Crippen molar-refractivity contribution in [2.24, 2.45) is 0 Å². The number of carbonyl (C=O) groups excluding carboxylic acids is 1. The minimum absolute atomic E-state index is 0.0783. The van der Waals surface area contributed by atoms with Crippen LogP contribution in [0.1, 0.15) is 13.8 Å². The smallest absolute Gasteiger partial charge is 0.293 e. The first kappa shape index (κ1) is 13.1. The average molecular weight is 224 g/mol. The van der Waals surface area contributed by atoms with E-state index in [4.69, 9.17) is 5.11 Å². The van der Waals surface area contributed by atoms with E-state index in [0.29, 0.717) is 13.1 Å². The van der Waals surface area contributed by atoms with E-state index in [1.807, 2.05) is 0 Å². The van der Waals surface area contributed by atoms with E-state index in [1.165, 1.54) is 0 Å². The van der Waals surface area contributed by atoms with Crippen molar-refractivity contribution in [3.63, 3.8) is 0 Å². The molecular weight excluding hydrogens is 208 g/mol. The Morgan fingerprint density at radius 3 is 2.54 bits per heavy atom. The number of aliphatic hydroxyl groups is 1. The van der Waals surface area contributed by atoms with Gasteiger partial charge in [-0.15, -0.1) is 23.5 Å². The molecule has 5 heteroatoms. The average Bonchev–Trinajstić information content (AvgIpc) is 2.09. The molecule has 0 heterocycles. The Bertz CT molecular complexity index is 139.